The van der Waals surface area contributed by atoms with E-state index in [1.165, 1.54) is 44.9 Å². The van der Waals surface area contributed by atoms with Crippen molar-refractivity contribution >= 4 is 17.3 Å². The number of carbonyl (C=O) groups is 3. The van der Waals surface area contributed by atoms with Gasteiger partial charge < -0.3 is 25.5 Å². The predicted molar refractivity (Wildman–Crippen MR) is 155 cm³/mol. The third-order valence-electron chi connectivity index (χ3n) is 7.48. The lowest BCUT2D eigenvalue weighted by Crippen LogP contribution is -2.49. The molecule has 214 valence electrons. The number of unbranched alkanes of at least 4 members (excludes halogenated alkanes) is 7. The summed E-state index contributed by atoms with van der Waals surface area (Å²) < 4.78 is 0. The van der Waals surface area contributed by atoms with Crippen LogP contribution in [0.4, 0.5) is 0 Å². The van der Waals surface area contributed by atoms with Crippen LogP contribution in [0, 0.1) is 23.7 Å². The highest BCUT2D eigenvalue weighted by Gasteiger charge is 2.37. The Morgan fingerprint density at radius 2 is 1.08 bits per heavy atom. The molecule has 0 radical (unpaired) electrons. The SMILES string of the molecule is CC(=O)CCCCCCCCCCC(C)=O.CNCC(C)=O.CNCC1CC(C)C(C)C(NC)C1C. The van der Waals surface area contributed by atoms with Gasteiger partial charge in [0.1, 0.15) is 17.3 Å². The van der Waals surface area contributed by atoms with Gasteiger partial charge in [0.05, 0.1) is 6.54 Å². The summed E-state index contributed by atoms with van der Waals surface area (Å²) >= 11 is 0. The molecule has 3 N–H and O–H groups in total. The first-order valence-corrected chi connectivity index (χ1v) is 14.5. The maximum Gasteiger partial charge on any atom is 0.143 e. The van der Waals surface area contributed by atoms with Gasteiger partial charge in [-0.2, -0.15) is 0 Å². The molecular formula is C30H61N3O3. The summed E-state index contributed by atoms with van der Waals surface area (Å²) in [7, 11) is 5.91. The van der Waals surface area contributed by atoms with Crippen molar-refractivity contribution in [1.29, 1.82) is 0 Å². The molecule has 6 heteroatoms. The standard InChI is InChI=1S/C14H26O2.C12H26N2.C4H9NO/c1-13(15)11-9-7-5-3-4-6-8-10-12-14(2)16;1-8-6-11(7-13-4)10(3)12(14-5)9(8)2;1-4(6)3-5-2/h3-12H2,1-2H3;8-14H,6-7H2,1-5H3;5H,3H2,1-2H3. The van der Waals surface area contributed by atoms with E-state index < -0.39 is 0 Å². The normalized spacial score (nSPS) is 23.1. The molecule has 0 aromatic carbocycles. The highest BCUT2D eigenvalue weighted by molar-refractivity contribution is 5.77. The summed E-state index contributed by atoms with van der Waals surface area (Å²) in [6.07, 6.45) is 12.4. The summed E-state index contributed by atoms with van der Waals surface area (Å²) in [5, 5.41) is 9.53. The van der Waals surface area contributed by atoms with Crippen LogP contribution in [0.5, 0.6) is 0 Å². The fourth-order valence-corrected chi connectivity index (χ4v) is 5.15. The third kappa shape index (κ3) is 21.0. The van der Waals surface area contributed by atoms with Crippen molar-refractivity contribution < 1.29 is 14.4 Å². The fourth-order valence-electron chi connectivity index (χ4n) is 5.15. The fraction of sp³-hybridized carbons (Fsp3) is 0.900. The lowest BCUT2D eigenvalue weighted by atomic mass is 9.67. The predicted octanol–water partition coefficient (Wildman–Crippen LogP) is 5.58. The summed E-state index contributed by atoms with van der Waals surface area (Å²) in [5.74, 6) is 4.08. The van der Waals surface area contributed by atoms with Crippen LogP contribution in [-0.2, 0) is 14.4 Å². The van der Waals surface area contributed by atoms with Crippen LogP contribution < -0.4 is 16.0 Å². The summed E-state index contributed by atoms with van der Waals surface area (Å²) in [6.45, 7) is 13.7. The Hall–Kier alpha value is -1.11. The number of rotatable bonds is 16. The zero-order chi connectivity index (χ0) is 27.9. The molecule has 36 heavy (non-hydrogen) atoms. The van der Waals surface area contributed by atoms with Crippen molar-refractivity contribution in [2.24, 2.45) is 23.7 Å². The molecule has 1 saturated carbocycles. The van der Waals surface area contributed by atoms with E-state index in [9.17, 15) is 14.4 Å². The van der Waals surface area contributed by atoms with Crippen LogP contribution in [0.25, 0.3) is 0 Å². The van der Waals surface area contributed by atoms with Crippen molar-refractivity contribution in [3.63, 3.8) is 0 Å². The lowest BCUT2D eigenvalue weighted by Gasteiger charge is -2.44. The molecule has 0 heterocycles. The second-order valence-corrected chi connectivity index (χ2v) is 11.0. The van der Waals surface area contributed by atoms with Crippen molar-refractivity contribution in [3.8, 4) is 0 Å². The number of likely N-dealkylation sites (N-methyl/N-ethyl adjacent to an activating group) is 1. The average Bonchev–Trinajstić information content (AvgIpc) is 2.79. The molecule has 0 aromatic rings. The van der Waals surface area contributed by atoms with E-state index >= 15 is 0 Å². The quantitative estimate of drug-likeness (QED) is 0.234. The Morgan fingerprint density at radius 3 is 1.39 bits per heavy atom. The van der Waals surface area contributed by atoms with Crippen molar-refractivity contribution in [2.75, 3.05) is 34.2 Å². The minimum Gasteiger partial charge on any atom is -0.319 e. The Morgan fingerprint density at radius 1 is 0.639 bits per heavy atom. The Balaban J connectivity index is 0. The van der Waals surface area contributed by atoms with Gasteiger partial charge in [-0.25, -0.2) is 0 Å². The van der Waals surface area contributed by atoms with Gasteiger partial charge in [0, 0.05) is 18.9 Å². The van der Waals surface area contributed by atoms with Gasteiger partial charge in [0.15, 0.2) is 0 Å². The average molecular weight is 512 g/mol. The first-order chi connectivity index (χ1) is 17.0. The van der Waals surface area contributed by atoms with Gasteiger partial charge in [-0.05, 0) is 91.4 Å². The van der Waals surface area contributed by atoms with E-state index in [1.54, 1.807) is 27.8 Å². The summed E-state index contributed by atoms with van der Waals surface area (Å²) in [5.41, 5.74) is 0. The van der Waals surface area contributed by atoms with E-state index in [-0.39, 0.29) is 5.78 Å². The summed E-state index contributed by atoms with van der Waals surface area (Å²) in [6, 6.07) is 0.692. The molecule has 0 spiro atoms. The molecule has 6 nitrogen and oxygen atoms in total. The van der Waals surface area contributed by atoms with Crippen LogP contribution in [0.3, 0.4) is 0 Å². The van der Waals surface area contributed by atoms with Gasteiger partial charge in [-0.15, -0.1) is 0 Å². The van der Waals surface area contributed by atoms with Crippen molar-refractivity contribution in [1.82, 2.24) is 16.0 Å². The van der Waals surface area contributed by atoms with Crippen LogP contribution in [0.1, 0.15) is 112 Å². The first kappa shape index (κ1) is 37.0. The Labute approximate surface area is 223 Å². The van der Waals surface area contributed by atoms with Gasteiger partial charge in [0.25, 0.3) is 0 Å². The van der Waals surface area contributed by atoms with Gasteiger partial charge in [0.2, 0.25) is 0 Å². The molecular weight excluding hydrogens is 450 g/mol. The van der Waals surface area contributed by atoms with Crippen LogP contribution in [0.2, 0.25) is 0 Å². The number of carbonyl (C=O) groups excluding carboxylic acids is 3. The number of nitrogens with one attached hydrogen (secondary N) is 3. The smallest absolute Gasteiger partial charge is 0.143 e. The lowest BCUT2D eigenvalue weighted by molar-refractivity contribution is -0.118. The van der Waals surface area contributed by atoms with Crippen LogP contribution in [-0.4, -0.2) is 57.6 Å². The minimum absolute atomic E-state index is 0.178. The maximum absolute atomic E-state index is 10.7. The van der Waals surface area contributed by atoms with Crippen molar-refractivity contribution in [2.45, 2.75) is 118 Å². The van der Waals surface area contributed by atoms with Crippen LogP contribution >= 0.6 is 0 Å². The number of ketones is 3. The molecule has 0 bridgehead atoms. The first-order valence-electron chi connectivity index (χ1n) is 14.5. The molecule has 1 fully saturated rings. The third-order valence-corrected chi connectivity index (χ3v) is 7.48. The molecule has 0 aromatic heterocycles. The molecule has 0 aliphatic heterocycles. The van der Waals surface area contributed by atoms with E-state index in [2.05, 4.69) is 50.8 Å². The number of Topliss-reactive ketones (excluding diaryl/α,β-unsaturated/α-hetero) is 3. The second kappa shape index (κ2) is 24.2. The molecule has 1 rings (SSSR count). The maximum atomic E-state index is 10.7. The zero-order valence-electron chi connectivity index (χ0n) is 25.3. The van der Waals surface area contributed by atoms with E-state index in [4.69, 9.17) is 0 Å². The Bertz CT molecular complexity index is 546. The monoisotopic (exact) mass is 511 g/mol. The molecule has 1 aliphatic rings. The van der Waals surface area contributed by atoms with Gasteiger partial charge in [-0.3, -0.25) is 4.79 Å². The summed E-state index contributed by atoms with van der Waals surface area (Å²) in [4.78, 5) is 31.3. The van der Waals surface area contributed by atoms with Crippen molar-refractivity contribution in [3.05, 3.63) is 0 Å². The van der Waals surface area contributed by atoms with Crippen LogP contribution in [0.15, 0.2) is 0 Å². The molecule has 5 atom stereocenters. The zero-order valence-corrected chi connectivity index (χ0v) is 25.3. The number of hydrogen-bond donors (Lipinski definition) is 3. The topological polar surface area (TPSA) is 87.3 Å². The highest BCUT2D eigenvalue weighted by Crippen LogP contribution is 2.37. The largest absolute Gasteiger partial charge is 0.319 e. The Kier molecular flexibility index (Phi) is 24.9. The van der Waals surface area contributed by atoms with Gasteiger partial charge in [-0.1, -0.05) is 59.3 Å². The number of hydrogen-bond acceptors (Lipinski definition) is 6. The van der Waals surface area contributed by atoms with E-state index in [1.807, 2.05) is 0 Å². The van der Waals surface area contributed by atoms with Gasteiger partial charge >= 0.3 is 0 Å². The highest BCUT2D eigenvalue weighted by atomic mass is 16.1. The molecule has 0 amide bonds. The molecule has 1 aliphatic carbocycles. The second-order valence-electron chi connectivity index (χ2n) is 11.0. The van der Waals surface area contributed by atoms with E-state index in [0.29, 0.717) is 24.2 Å². The molecule has 5 unspecified atom stereocenters. The van der Waals surface area contributed by atoms with E-state index in [0.717, 1.165) is 55.9 Å². The minimum atomic E-state index is 0.178. The molecule has 0 saturated heterocycles.